The van der Waals surface area contributed by atoms with E-state index in [-0.39, 0.29) is 17.1 Å². The van der Waals surface area contributed by atoms with Crippen LogP contribution in [0.2, 0.25) is 5.28 Å². The minimum Gasteiger partial charge on any atom is -0.350 e. The number of benzene rings is 1. The van der Waals surface area contributed by atoms with Crippen molar-refractivity contribution in [1.29, 1.82) is 0 Å². The number of anilines is 1. The number of halogens is 4. The number of nitrogens with zero attached hydrogens (tertiary/aromatic N) is 5. The summed E-state index contributed by atoms with van der Waals surface area (Å²) in [5.41, 5.74) is 0.604. The molecule has 28 heavy (non-hydrogen) atoms. The Hall–Kier alpha value is -2.68. The van der Waals surface area contributed by atoms with Crippen molar-refractivity contribution in [3.8, 4) is 11.4 Å². The molecule has 0 bridgehead atoms. The molecule has 6 nitrogen and oxygen atoms in total. The van der Waals surface area contributed by atoms with E-state index in [1.54, 1.807) is 19.1 Å². The third-order valence-electron chi connectivity index (χ3n) is 3.96. The van der Waals surface area contributed by atoms with Gasteiger partial charge in [0.25, 0.3) is 0 Å². The summed E-state index contributed by atoms with van der Waals surface area (Å²) >= 11 is 5.80. The van der Waals surface area contributed by atoms with E-state index in [9.17, 15) is 13.2 Å². The van der Waals surface area contributed by atoms with Crippen LogP contribution in [0.5, 0.6) is 0 Å². The molecule has 0 saturated heterocycles. The lowest BCUT2D eigenvalue weighted by Crippen LogP contribution is -2.06. The maximum atomic E-state index is 13.0. The van der Waals surface area contributed by atoms with Gasteiger partial charge in [-0.25, -0.2) is 9.97 Å². The molecule has 0 atom stereocenters. The highest BCUT2D eigenvalue weighted by Gasteiger charge is 2.35. The van der Waals surface area contributed by atoms with Gasteiger partial charge in [-0.3, -0.25) is 0 Å². The van der Waals surface area contributed by atoms with Crippen molar-refractivity contribution in [2.75, 3.05) is 5.32 Å². The lowest BCUT2D eigenvalue weighted by Gasteiger charge is -2.12. The first-order valence-electron chi connectivity index (χ1n) is 8.51. The summed E-state index contributed by atoms with van der Waals surface area (Å²) in [7, 11) is 0. The molecule has 0 amide bonds. The van der Waals surface area contributed by atoms with Gasteiger partial charge in [0.05, 0.1) is 0 Å². The first kappa shape index (κ1) is 20.1. The molecule has 0 aliphatic heterocycles. The summed E-state index contributed by atoms with van der Waals surface area (Å²) in [6, 6.07) is 6.94. The quantitative estimate of drug-likeness (QED) is 0.647. The predicted octanol–water partition coefficient (Wildman–Crippen LogP) is 4.91. The molecule has 1 aromatic carbocycles. The van der Waals surface area contributed by atoms with Gasteiger partial charge >= 0.3 is 6.18 Å². The van der Waals surface area contributed by atoms with Crippen molar-refractivity contribution in [3.63, 3.8) is 0 Å². The lowest BCUT2D eigenvalue weighted by molar-refractivity contribution is -0.140. The summed E-state index contributed by atoms with van der Waals surface area (Å²) in [6.45, 7) is 5.75. The molecule has 0 aliphatic carbocycles. The first-order valence-corrected chi connectivity index (χ1v) is 8.88. The fourth-order valence-corrected chi connectivity index (χ4v) is 2.82. The number of aromatic nitrogens is 5. The Morgan fingerprint density at radius 1 is 1.07 bits per heavy atom. The summed E-state index contributed by atoms with van der Waals surface area (Å²) in [4.78, 5) is 15.8. The minimum absolute atomic E-state index is 0.103. The van der Waals surface area contributed by atoms with Crippen LogP contribution >= 0.6 is 11.6 Å². The summed E-state index contributed by atoms with van der Waals surface area (Å²) < 4.78 is 40.6. The number of imidazole rings is 1. The number of rotatable bonds is 5. The third-order valence-corrected chi connectivity index (χ3v) is 4.13. The van der Waals surface area contributed by atoms with E-state index in [1.807, 2.05) is 26.0 Å². The first-order chi connectivity index (χ1) is 13.1. The van der Waals surface area contributed by atoms with Gasteiger partial charge < -0.3 is 9.88 Å². The Bertz CT molecular complexity index is 946. The van der Waals surface area contributed by atoms with Crippen molar-refractivity contribution < 1.29 is 13.2 Å². The lowest BCUT2D eigenvalue weighted by atomic mass is 10.1. The maximum Gasteiger partial charge on any atom is 0.434 e. The zero-order chi connectivity index (χ0) is 20.5. The summed E-state index contributed by atoms with van der Waals surface area (Å²) in [5, 5.41) is 3.14. The zero-order valence-corrected chi connectivity index (χ0v) is 16.2. The zero-order valence-electron chi connectivity index (χ0n) is 15.4. The molecule has 0 radical (unpaired) electrons. The van der Waals surface area contributed by atoms with Crippen molar-refractivity contribution in [3.05, 3.63) is 52.8 Å². The maximum absolute atomic E-state index is 13.0. The highest BCUT2D eigenvalue weighted by Crippen LogP contribution is 2.32. The number of alkyl halides is 3. The fourth-order valence-electron chi connectivity index (χ4n) is 2.62. The van der Waals surface area contributed by atoms with Crippen LogP contribution in [0.1, 0.15) is 37.0 Å². The van der Waals surface area contributed by atoms with Crippen LogP contribution in [0.15, 0.2) is 30.5 Å². The van der Waals surface area contributed by atoms with E-state index in [1.165, 1.54) is 4.57 Å². The highest BCUT2D eigenvalue weighted by molar-refractivity contribution is 6.28. The predicted molar refractivity (Wildman–Crippen MR) is 100.0 cm³/mol. The molecule has 1 N–H and O–H groups in total. The molecule has 10 heteroatoms. The van der Waals surface area contributed by atoms with Crippen LogP contribution in [-0.2, 0) is 12.7 Å². The number of nitrogens with one attached hydrogen (secondary N) is 1. The van der Waals surface area contributed by atoms with Crippen molar-refractivity contribution in [2.45, 2.75) is 39.5 Å². The number of hydrogen-bond donors (Lipinski definition) is 1. The van der Waals surface area contributed by atoms with Gasteiger partial charge in [0.15, 0.2) is 5.69 Å². The average molecular weight is 411 g/mol. The molecule has 2 heterocycles. The monoisotopic (exact) mass is 410 g/mol. The van der Waals surface area contributed by atoms with E-state index in [4.69, 9.17) is 11.6 Å². The summed E-state index contributed by atoms with van der Waals surface area (Å²) in [6.07, 6.45) is -3.44. The van der Waals surface area contributed by atoms with Gasteiger partial charge in [0.1, 0.15) is 11.6 Å². The molecule has 0 unspecified atom stereocenters. The van der Waals surface area contributed by atoms with Gasteiger partial charge in [-0.2, -0.15) is 23.1 Å². The Morgan fingerprint density at radius 2 is 1.75 bits per heavy atom. The van der Waals surface area contributed by atoms with Crippen molar-refractivity contribution in [1.82, 2.24) is 24.5 Å². The fraction of sp³-hybridized carbons (Fsp3) is 0.333. The molecule has 148 valence electrons. The van der Waals surface area contributed by atoms with Gasteiger partial charge in [-0.1, -0.05) is 24.3 Å². The van der Waals surface area contributed by atoms with E-state index in [2.05, 4.69) is 25.3 Å². The van der Waals surface area contributed by atoms with Crippen LogP contribution in [0.25, 0.3) is 11.4 Å². The van der Waals surface area contributed by atoms with Crippen LogP contribution < -0.4 is 5.32 Å². The Morgan fingerprint density at radius 3 is 2.32 bits per heavy atom. The molecular formula is C18H18ClF3N6. The van der Waals surface area contributed by atoms with E-state index >= 15 is 0 Å². The minimum atomic E-state index is -4.48. The van der Waals surface area contributed by atoms with Crippen LogP contribution in [0, 0.1) is 6.92 Å². The average Bonchev–Trinajstić information content (AvgIpc) is 3.06. The summed E-state index contributed by atoms with van der Waals surface area (Å²) in [5.74, 6) is 1.13. The van der Waals surface area contributed by atoms with Crippen molar-refractivity contribution >= 4 is 17.5 Å². The SMILES string of the molecule is Cc1nc(Cl)nc(NCc2ccc(-c3nc(C(F)(F)F)cn3C(C)C)cc2)n1. The second-order valence-corrected chi connectivity index (χ2v) is 6.81. The topological polar surface area (TPSA) is 68.5 Å². The Labute approximate surface area is 164 Å². The van der Waals surface area contributed by atoms with Gasteiger partial charge in [-0.05, 0) is 37.9 Å². The standard InChI is InChI=1S/C18H18ClF3N6/c1-10(2)28-9-14(18(20,21)22)26-15(28)13-6-4-12(5-7-13)8-23-17-25-11(3)24-16(19)27-17/h4-7,9-10H,8H2,1-3H3,(H,23,24,25,27). The molecule has 0 aliphatic rings. The largest absolute Gasteiger partial charge is 0.434 e. The highest BCUT2D eigenvalue weighted by atomic mass is 35.5. The molecule has 2 aromatic heterocycles. The normalized spacial score (nSPS) is 11.9. The third kappa shape index (κ3) is 4.59. The van der Waals surface area contributed by atoms with Crippen molar-refractivity contribution in [2.24, 2.45) is 0 Å². The molecule has 3 aromatic rings. The van der Waals surface area contributed by atoms with Crippen LogP contribution in [0.4, 0.5) is 19.1 Å². The van der Waals surface area contributed by atoms with Gasteiger partial charge in [0.2, 0.25) is 11.2 Å². The smallest absolute Gasteiger partial charge is 0.350 e. The van der Waals surface area contributed by atoms with Crippen LogP contribution in [-0.4, -0.2) is 24.5 Å². The van der Waals surface area contributed by atoms with Gasteiger partial charge in [0, 0.05) is 24.3 Å². The molecular weight excluding hydrogens is 393 g/mol. The van der Waals surface area contributed by atoms with E-state index in [0.717, 1.165) is 11.8 Å². The van der Waals surface area contributed by atoms with Crippen LogP contribution in [0.3, 0.4) is 0 Å². The number of hydrogen-bond acceptors (Lipinski definition) is 5. The second-order valence-electron chi connectivity index (χ2n) is 6.47. The Kier molecular flexibility index (Phi) is 5.55. The van der Waals surface area contributed by atoms with Gasteiger partial charge in [-0.15, -0.1) is 0 Å². The van der Waals surface area contributed by atoms with E-state index in [0.29, 0.717) is 23.9 Å². The molecule has 0 saturated carbocycles. The molecule has 3 rings (SSSR count). The second kappa shape index (κ2) is 7.75. The molecule has 0 spiro atoms. The number of aryl methyl sites for hydroxylation is 1. The molecule has 0 fully saturated rings. The Balaban J connectivity index is 1.80. The van der Waals surface area contributed by atoms with E-state index < -0.39 is 11.9 Å².